The summed E-state index contributed by atoms with van der Waals surface area (Å²) >= 11 is 0. The van der Waals surface area contributed by atoms with E-state index in [1.807, 2.05) is 0 Å². The van der Waals surface area contributed by atoms with Crippen molar-refractivity contribution in [3.8, 4) is 0 Å². The number of nitrogens with two attached hydrogens (primary N) is 1. The van der Waals surface area contributed by atoms with Crippen molar-refractivity contribution in [1.29, 1.82) is 0 Å². The van der Waals surface area contributed by atoms with Crippen molar-refractivity contribution in [3.05, 3.63) is 11.9 Å². The third-order valence-electron chi connectivity index (χ3n) is 1.48. The van der Waals surface area contributed by atoms with Crippen LogP contribution in [0.3, 0.4) is 0 Å². The van der Waals surface area contributed by atoms with Crippen molar-refractivity contribution in [2.24, 2.45) is 12.2 Å². The molecule has 1 heterocycles. The van der Waals surface area contributed by atoms with E-state index in [0.717, 1.165) is 7.05 Å². The Morgan fingerprint density at radius 3 is 2.29 bits per heavy atom. The smallest absolute Gasteiger partial charge is 0.262 e. The minimum Gasteiger partial charge on any atom is -0.262 e. The second-order valence-corrected chi connectivity index (χ2v) is 4.05. The van der Waals surface area contributed by atoms with Gasteiger partial charge in [0.25, 0.3) is 0 Å². The maximum atomic E-state index is 12.3. The molecule has 1 rings (SSSR count). The standard InChI is InChI=1S/C5H6F3N3O2S/c1-11-4(5(6,7)8)3(2-10-11)14(9,12)13/h2H,1H3,(H2,9,12,13). The van der Waals surface area contributed by atoms with E-state index >= 15 is 0 Å². The number of halogens is 3. The highest BCUT2D eigenvalue weighted by Crippen LogP contribution is 2.32. The zero-order chi connectivity index (χ0) is 11.1. The molecule has 0 aliphatic heterocycles. The number of sulfonamides is 1. The van der Waals surface area contributed by atoms with E-state index in [4.69, 9.17) is 0 Å². The lowest BCUT2D eigenvalue weighted by molar-refractivity contribution is -0.146. The van der Waals surface area contributed by atoms with Crippen LogP contribution in [0.2, 0.25) is 0 Å². The molecule has 0 radical (unpaired) electrons. The van der Waals surface area contributed by atoms with Crippen LogP contribution in [-0.2, 0) is 23.2 Å². The van der Waals surface area contributed by atoms with Gasteiger partial charge in [-0.1, -0.05) is 0 Å². The largest absolute Gasteiger partial charge is 0.434 e. The Balaban J connectivity index is 3.50. The summed E-state index contributed by atoms with van der Waals surface area (Å²) in [5, 5.41) is 7.77. The molecule has 1 aromatic rings. The summed E-state index contributed by atoms with van der Waals surface area (Å²) in [6.45, 7) is 0. The molecule has 0 saturated carbocycles. The molecule has 0 saturated heterocycles. The first-order valence-corrected chi connectivity index (χ1v) is 4.80. The third kappa shape index (κ3) is 1.87. The van der Waals surface area contributed by atoms with Crippen LogP contribution in [0.4, 0.5) is 13.2 Å². The molecule has 80 valence electrons. The second-order valence-electron chi connectivity index (χ2n) is 2.52. The zero-order valence-electron chi connectivity index (χ0n) is 6.91. The quantitative estimate of drug-likeness (QED) is 0.741. The van der Waals surface area contributed by atoms with Gasteiger partial charge < -0.3 is 0 Å². The summed E-state index contributed by atoms with van der Waals surface area (Å²) in [5.74, 6) is 0. The predicted molar refractivity (Wildman–Crippen MR) is 39.6 cm³/mol. The molecule has 0 aromatic carbocycles. The zero-order valence-corrected chi connectivity index (χ0v) is 7.72. The van der Waals surface area contributed by atoms with Crippen LogP contribution in [0.1, 0.15) is 5.69 Å². The average Bonchev–Trinajstić information content (AvgIpc) is 2.27. The summed E-state index contributed by atoms with van der Waals surface area (Å²) in [5.41, 5.74) is -1.37. The van der Waals surface area contributed by atoms with Crippen molar-refractivity contribution in [2.45, 2.75) is 11.1 Å². The van der Waals surface area contributed by atoms with E-state index in [1.165, 1.54) is 0 Å². The minimum absolute atomic E-state index is 0.416. The predicted octanol–water partition coefficient (Wildman–Crippen LogP) is 0.0863. The van der Waals surface area contributed by atoms with E-state index in [2.05, 4.69) is 10.2 Å². The van der Waals surface area contributed by atoms with E-state index < -0.39 is 26.8 Å². The number of rotatable bonds is 1. The lowest BCUT2D eigenvalue weighted by Gasteiger charge is -2.08. The number of nitrogens with zero attached hydrogens (tertiary/aromatic N) is 2. The first-order valence-electron chi connectivity index (χ1n) is 3.26. The van der Waals surface area contributed by atoms with Gasteiger partial charge in [0.05, 0.1) is 6.20 Å². The monoisotopic (exact) mass is 229 g/mol. The highest BCUT2D eigenvalue weighted by atomic mass is 32.2. The summed E-state index contributed by atoms with van der Waals surface area (Å²) in [6, 6.07) is 0. The Bertz CT molecular complexity index is 447. The number of aromatic nitrogens is 2. The fourth-order valence-corrected chi connectivity index (χ4v) is 1.66. The summed E-state index contributed by atoms with van der Waals surface area (Å²) in [6.07, 6.45) is -4.23. The van der Waals surface area contributed by atoms with E-state index in [0.29, 0.717) is 10.9 Å². The average molecular weight is 229 g/mol. The van der Waals surface area contributed by atoms with Gasteiger partial charge in [0.2, 0.25) is 10.0 Å². The summed E-state index contributed by atoms with van der Waals surface area (Å²) in [4.78, 5) is -1.02. The van der Waals surface area contributed by atoms with Gasteiger partial charge >= 0.3 is 6.18 Å². The van der Waals surface area contributed by atoms with Crippen LogP contribution >= 0.6 is 0 Å². The number of alkyl halides is 3. The number of aryl methyl sites for hydroxylation is 1. The maximum absolute atomic E-state index is 12.3. The van der Waals surface area contributed by atoms with Gasteiger partial charge in [-0.15, -0.1) is 0 Å². The van der Waals surface area contributed by atoms with Crippen molar-refractivity contribution < 1.29 is 21.6 Å². The van der Waals surface area contributed by atoms with Crippen molar-refractivity contribution in [2.75, 3.05) is 0 Å². The van der Waals surface area contributed by atoms with E-state index in [-0.39, 0.29) is 0 Å². The van der Waals surface area contributed by atoms with Crippen molar-refractivity contribution >= 4 is 10.0 Å². The van der Waals surface area contributed by atoms with Gasteiger partial charge in [-0.3, -0.25) is 4.68 Å². The normalized spacial score (nSPS) is 13.2. The Morgan fingerprint density at radius 1 is 1.50 bits per heavy atom. The van der Waals surface area contributed by atoms with Crippen LogP contribution in [0.5, 0.6) is 0 Å². The Morgan fingerprint density at radius 2 is 2.00 bits per heavy atom. The number of primary sulfonamides is 1. The molecule has 0 unspecified atom stereocenters. The molecule has 0 aliphatic rings. The van der Waals surface area contributed by atoms with E-state index in [1.54, 1.807) is 0 Å². The van der Waals surface area contributed by atoms with Gasteiger partial charge in [0.15, 0.2) is 5.69 Å². The molecular formula is C5H6F3N3O2S. The maximum Gasteiger partial charge on any atom is 0.434 e. The Labute approximate surface area is 77.4 Å². The van der Waals surface area contributed by atoms with Gasteiger partial charge in [-0.25, -0.2) is 13.6 Å². The first-order chi connectivity index (χ1) is 6.14. The Hall–Kier alpha value is -1.09. The molecule has 0 aliphatic carbocycles. The molecule has 0 amide bonds. The molecule has 0 atom stereocenters. The fourth-order valence-electron chi connectivity index (χ4n) is 0.949. The lowest BCUT2D eigenvalue weighted by atomic mass is 10.4. The van der Waals surface area contributed by atoms with Gasteiger partial charge in [-0.2, -0.15) is 18.3 Å². The minimum atomic E-state index is -4.80. The Kier molecular flexibility index (Phi) is 2.32. The van der Waals surface area contributed by atoms with Gasteiger partial charge in [0.1, 0.15) is 4.90 Å². The molecule has 1 aromatic heterocycles. The third-order valence-corrected chi connectivity index (χ3v) is 2.39. The fraction of sp³-hybridized carbons (Fsp3) is 0.400. The van der Waals surface area contributed by atoms with Crippen LogP contribution in [0.15, 0.2) is 11.1 Å². The summed E-state index contributed by atoms with van der Waals surface area (Å²) < 4.78 is 58.8. The highest BCUT2D eigenvalue weighted by molar-refractivity contribution is 7.89. The molecule has 5 nitrogen and oxygen atoms in total. The van der Waals surface area contributed by atoms with Crippen molar-refractivity contribution in [1.82, 2.24) is 9.78 Å². The SMILES string of the molecule is Cn1ncc(S(N)(=O)=O)c1C(F)(F)F. The molecular weight excluding hydrogens is 223 g/mol. The number of hydrogen-bond donors (Lipinski definition) is 1. The number of hydrogen-bond acceptors (Lipinski definition) is 3. The molecule has 0 spiro atoms. The molecule has 9 heteroatoms. The summed E-state index contributed by atoms with van der Waals surface area (Å²) in [7, 11) is -3.42. The molecule has 0 fully saturated rings. The second kappa shape index (κ2) is 2.95. The van der Waals surface area contributed by atoms with Crippen LogP contribution in [0, 0.1) is 0 Å². The van der Waals surface area contributed by atoms with E-state index in [9.17, 15) is 21.6 Å². The van der Waals surface area contributed by atoms with Crippen molar-refractivity contribution in [3.63, 3.8) is 0 Å². The molecule has 14 heavy (non-hydrogen) atoms. The lowest BCUT2D eigenvalue weighted by Crippen LogP contribution is -2.20. The molecule has 2 N–H and O–H groups in total. The highest BCUT2D eigenvalue weighted by Gasteiger charge is 2.40. The molecule has 0 bridgehead atoms. The van der Waals surface area contributed by atoms with Gasteiger partial charge in [-0.05, 0) is 0 Å². The van der Waals surface area contributed by atoms with Crippen LogP contribution < -0.4 is 5.14 Å². The van der Waals surface area contributed by atoms with Crippen LogP contribution in [-0.4, -0.2) is 18.2 Å². The first kappa shape index (κ1) is 11.0. The van der Waals surface area contributed by atoms with Gasteiger partial charge in [0, 0.05) is 7.05 Å². The topological polar surface area (TPSA) is 78.0 Å². The van der Waals surface area contributed by atoms with Crippen LogP contribution in [0.25, 0.3) is 0 Å².